The van der Waals surface area contributed by atoms with Crippen molar-refractivity contribution in [2.75, 3.05) is 4.90 Å². The highest BCUT2D eigenvalue weighted by atomic mass is 15.2. The minimum absolute atomic E-state index is 0.158. The Morgan fingerprint density at radius 1 is 0.446 bits per heavy atom. The molecule has 1 unspecified atom stereocenters. The summed E-state index contributed by atoms with van der Waals surface area (Å²) in [7, 11) is 0. The summed E-state index contributed by atoms with van der Waals surface area (Å²) in [4.78, 5) is 13.0. The van der Waals surface area contributed by atoms with Gasteiger partial charge in [0.2, 0.25) is 0 Å². The Morgan fingerprint density at radius 3 is 1.46 bits per heavy atom. The molecule has 4 heterocycles. The number of para-hydroxylation sites is 1. The first-order valence-corrected chi connectivity index (χ1v) is 19.3. The fraction of sp³-hybridized carbons (Fsp3) is 0.0385. The fourth-order valence-electron chi connectivity index (χ4n) is 8.66. The molecule has 9 aromatic rings. The maximum atomic E-state index is 5.23. The van der Waals surface area contributed by atoms with Gasteiger partial charge in [-0.15, -0.1) is 0 Å². The molecule has 0 spiro atoms. The molecule has 4 heteroatoms. The van der Waals surface area contributed by atoms with Gasteiger partial charge in [-0.2, -0.15) is 0 Å². The van der Waals surface area contributed by atoms with Gasteiger partial charge >= 0.3 is 0 Å². The Balaban J connectivity index is 1.16. The smallest absolute Gasteiger partial charge is 0.0730 e. The lowest BCUT2D eigenvalue weighted by atomic mass is 9.95. The molecule has 2 aliphatic rings. The number of hydrogen-bond donors (Lipinski definition) is 0. The third-order valence-electron chi connectivity index (χ3n) is 11.2. The van der Waals surface area contributed by atoms with Crippen molar-refractivity contribution in [2.45, 2.75) is 12.5 Å². The van der Waals surface area contributed by atoms with Crippen LogP contribution in [-0.4, -0.2) is 20.6 Å². The van der Waals surface area contributed by atoms with Gasteiger partial charge < -0.3 is 9.47 Å². The third kappa shape index (κ3) is 5.38. The minimum atomic E-state index is 0.158. The summed E-state index contributed by atoms with van der Waals surface area (Å²) in [5.41, 5.74) is 16.6. The number of rotatable bonds is 6. The molecular weight excluding hydrogens is 681 g/mol. The highest BCUT2D eigenvalue weighted by molar-refractivity contribution is 6.13. The second-order valence-corrected chi connectivity index (χ2v) is 14.6. The van der Waals surface area contributed by atoms with Crippen molar-refractivity contribution >= 4 is 38.8 Å². The molecule has 0 N–H and O–H groups in total. The Morgan fingerprint density at radius 2 is 0.929 bits per heavy atom. The van der Waals surface area contributed by atoms with Crippen LogP contribution in [0.2, 0.25) is 0 Å². The molecule has 1 aliphatic carbocycles. The number of anilines is 2. The first-order chi connectivity index (χ1) is 27.8. The lowest BCUT2D eigenvalue weighted by Gasteiger charge is -2.29. The Kier molecular flexibility index (Phi) is 7.59. The first kappa shape index (κ1) is 32.2. The monoisotopic (exact) mass is 716 g/mol. The molecule has 0 fully saturated rings. The van der Waals surface area contributed by atoms with Crippen molar-refractivity contribution < 1.29 is 0 Å². The molecule has 4 nitrogen and oxygen atoms in total. The van der Waals surface area contributed by atoms with Gasteiger partial charge in [0.15, 0.2) is 0 Å². The number of fused-ring (bicyclic) bond motifs is 6. The highest BCUT2D eigenvalue weighted by Gasteiger charge is 2.36. The number of pyridine rings is 2. The highest BCUT2D eigenvalue weighted by Crippen LogP contribution is 2.51. The molecule has 0 bridgehead atoms. The van der Waals surface area contributed by atoms with Gasteiger partial charge in [0.25, 0.3) is 0 Å². The molecule has 6 aromatic carbocycles. The SMILES string of the molecule is C1=CCC2C(=C1)c1cc3c(cc1N2c1cc(-c2ccccc2)nc(-c2ccccc2)c1)c1ccccc1n3-c1cc(-c2ccccc2)nc(-c2ccccc2)c1. The summed E-state index contributed by atoms with van der Waals surface area (Å²) < 4.78 is 2.44. The normalized spacial score (nSPS) is 14.5. The maximum Gasteiger partial charge on any atom is 0.0730 e. The minimum Gasteiger partial charge on any atom is -0.333 e. The Bertz CT molecular complexity index is 2870. The number of allylic oxidation sites excluding steroid dienone is 2. The van der Waals surface area contributed by atoms with E-state index in [1.54, 1.807) is 0 Å². The summed E-state index contributed by atoms with van der Waals surface area (Å²) in [5, 5.41) is 2.44. The van der Waals surface area contributed by atoms with Gasteiger partial charge in [-0.05, 0) is 54.5 Å². The topological polar surface area (TPSA) is 34.0 Å². The second kappa shape index (κ2) is 13.2. The standard InChI is InChI=1S/C52H36N4/c1-5-17-35(18-6-1)45-29-39(30-46(53-45)36-19-7-2-8-20-36)55-49-27-15-13-25-41(49)43-34-52-44(33-51(43)55)42-26-14-16-28-50(42)56(52)40-31-47(37-21-9-3-10-22-37)54-48(32-40)38-23-11-4-12-24-38/h1-27,29-34,50H,28H2. The molecule has 3 aromatic heterocycles. The number of nitrogens with zero attached hydrogens (tertiary/aromatic N) is 4. The van der Waals surface area contributed by atoms with Crippen molar-refractivity contribution in [2.24, 2.45) is 0 Å². The third-order valence-corrected chi connectivity index (χ3v) is 11.2. The zero-order chi connectivity index (χ0) is 37.0. The molecule has 0 saturated carbocycles. The molecule has 0 amide bonds. The van der Waals surface area contributed by atoms with Crippen LogP contribution in [0.1, 0.15) is 12.0 Å². The predicted octanol–water partition coefficient (Wildman–Crippen LogP) is 13.1. The van der Waals surface area contributed by atoms with E-state index in [0.29, 0.717) is 0 Å². The van der Waals surface area contributed by atoms with Crippen molar-refractivity contribution in [3.8, 4) is 50.7 Å². The second-order valence-electron chi connectivity index (χ2n) is 14.6. The van der Waals surface area contributed by atoms with Crippen LogP contribution >= 0.6 is 0 Å². The first-order valence-electron chi connectivity index (χ1n) is 19.3. The Hall–Kier alpha value is -7.30. The van der Waals surface area contributed by atoms with Crippen molar-refractivity contribution in [1.29, 1.82) is 0 Å². The van der Waals surface area contributed by atoms with E-state index in [1.807, 2.05) is 0 Å². The van der Waals surface area contributed by atoms with Gasteiger partial charge in [-0.25, -0.2) is 9.97 Å². The van der Waals surface area contributed by atoms with E-state index in [-0.39, 0.29) is 6.04 Å². The summed E-state index contributed by atoms with van der Waals surface area (Å²) in [6.07, 6.45) is 7.75. The molecule has 0 saturated heterocycles. The van der Waals surface area contributed by atoms with Gasteiger partial charge in [0, 0.05) is 44.3 Å². The van der Waals surface area contributed by atoms with E-state index in [1.165, 1.54) is 33.1 Å². The summed E-state index contributed by atoms with van der Waals surface area (Å²) in [5.74, 6) is 0. The van der Waals surface area contributed by atoms with Crippen LogP contribution in [0, 0.1) is 0 Å². The van der Waals surface area contributed by atoms with Crippen LogP contribution < -0.4 is 4.90 Å². The molecule has 56 heavy (non-hydrogen) atoms. The lowest BCUT2D eigenvalue weighted by molar-refractivity contribution is 0.829. The van der Waals surface area contributed by atoms with E-state index in [9.17, 15) is 0 Å². The lowest BCUT2D eigenvalue weighted by Crippen LogP contribution is -2.27. The molecule has 264 valence electrons. The summed E-state index contributed by atoms with van der Waals surface area (Å²) in [6.45, 7) is 0. The zero-order valence-electron chi connectivity index (χ0n) is 30.6. The van der Waals surface area contributed by atoms with Crippen molar-refractivity contribution in [3.63, 3.8) is 0 Å². The van der Waals surface area contributed by atoms with Crippen LogP contribution in [0.3, 0.4) is 0 Å². The van der Waals surface area contributed by atoms with Gasteiger partial charge in [-0.3, -0.25) is 0 Å². The molecular formula is C52H36N4. The van der Waals surface area contributed by atoms with E-state index in [4.69, 9.17) is 9.97 Å². The predicted molar refractivity (Wildman–Crippen MR) is 232 cm³/mol. The summed E-state index contributed by atoms with van der Waals surface area (Å²) in [6, 6.07) is 64.9. The van der Waals surface area contributed by atoms with E-state index >= 15 is 0 Å². The Labute approximate surface area is 326 Å². The fourth-order valence-corrected chi connectivity index (χ4v) is 8.66. The van der Waals surface area contributed by atoms with Crippen molar-refractivity contribution in [1.82, 2.24) is 14.5 Å². The molecule has 1 atom stereocenters. The number of aromatic nitrogens is 3. The van der Waals surface area contributed by atoms with Crippen molar-refractivity contribution in [3.05, 3.63) is 206 Å². The van der Waals surface area contributed by atoms with Gasteiger partial charge in [0.05, 0.1) is 51.2 Å². The molecule has 0 radical (unpaired) electrons. The number of benzene rings is 6. The van der Waals surface area contributed by atoms with Gasteiger partial charge in [0.1, 0.15) is 0 Å². The maximum absolute atomic E-state index is 5.23. The zero-order valence-corrected chi connectivity index (χ0v) is 30.6. The van der Waals surface area contributed by atoms with Crippen LogP contribution in [0.15, 0.2) is 200 Å². The van der Waals surface area contributed by atoms with E-state index < -0.39 is 0 Å². The summed E-state index contributed by atoms with van der Waals surface area (Å²) >= 11 is 0. The van der Waals surface area contributed by atoms with Crippen LogP contribution in [0.25, 0.3) is 78.1 Å². The largest absolute Gasteiger partial charge is 0.333 e. The van der Waals surface area contributed by atoms with Crippen LogP contribution in [0.5, 0.6) is 0 Å². The molecule has 11 rings (SSSR count). The average Bonchev–Trinajstić information content (AvgIpc) is 3.78. The van der Waals surface area contributed by atoms with Gasteiger partial charge in [-0.1, -0.05) is 158 Å². The number of hydrogen-bond acceptors (Lipinski definition) is 3. The quantitative estimate of drug-likeness (QED) is 0.172. The van der Waals surface area contributed by atoms with E-state index in [0.717, 1.165) is 68.3 Å². The van der Waals surface area contributed by atoms with Crippen LogP contribution in [0.4, 0.5) is 11.4 Å². The average molecular weight is 717 g/mol. The van der Waals surface area contributed by atoms with Crippen LogP contribution in [-0.2, 0) is 0 Å². The van der Waals surface area contributed by atoms with E-state index in [2.05, 4.69) is 210 Å². The molecule has 1 aliphatic heterocycles.